The van der Waals surface area contributed by atoms with Crippen molar-refractivity contribution in [1.29, 1.82) is 0 Å². The summed E-state index contributed by atoms with van der Waals surface area (Å²) in [4.78, 5) is 29.4. The van der Waals surface area contributed by atoms with Crippen molar-refractivity contribution < 1.29 is 31.9 Å². The number of carbonyl (C=O) groups is 2. The highest BCUT2D eigenvalue weighted by Crippen LogP contribution is 2.32. The van der Waals surface area contributed by atoms with E-state index in [1.165, 1.54) is 37.3 Å². The van der Waals surface area contributed by atoms with E-state index in [1.807, 2.05) is 30.3 Å². The van der Waals surface area contributed by atoms with E-state index in [-0.39, 0.29) is 41.9 Å². The van der Waals surface area contributed by atoms with Gasteiger partial charge in [0.25, 0.3) is 0 Å². The van der Waals surface area contributed by atoms with E-state index >= 15 is 0 Å². The van der Waals surface area contributed by atoms with Gasteiger partial charge in [0.2, 0.25) is 21.8 Å². The van der Waals surface area contributed by atoms with Gasteiger partial charge in [0, 0.05) is 30.6 Å². The summed E-state index contributed by atoms with van der Waals surface area (Å²) in [5.41, 5.74) is 1.19. The summed E-state index contributed by atoms with van der Waals surface area (Å²) < 4.78 is 52.5. The molecule has 3 aromatic rings. The van der Waals surface area contributed by atoms with Gasteiger partial charge in [-0.05, 0) is 36.6 Å². The molecule has 11 heteroatoms. The topological polar surface area (TPSA) is 105 Å². The van der Waals surface area contributed by atoms with E-state index in [4.69, 9.17) is 9.47 Å². The van der Waals surface area contributed by atoms with E-state index < -0.39 is 34.3 Å². The molecule has 1 N–H and O–H groups in total. The molecule has 1 aliphatic carbocycles. The average Bonchev–Trinajstić information content (AvgIpc) is 3.51. The van der Waals surface area contributed by atoms with Crippen LogP contribution >= 0.6 is 0 Å². The first-order valence-electron chi connectivity index (χ1n) is 14.2. The second-order valence-electron chi connectivity index (χ2n) is 10.6. The molecule has 0 unspecified atom stereocenters. The van der Waals surface area contributed by atoms with Crippen molar-refractivity contribution in [2.75, 3.05) is 31.3 Å². The van der Waals surface area contributed by atoms with Gasteiger partial charge >= 0.3 is 0 Å². The Morgan fingerprint density at radius 1 is 0.953 bits per heavy atom. The number of carbonyl (C=O) groups excluding carboxylic acids is 2. The number of sulfonamides is 1. The standard InChI is InChI=1S/C32H38FN3O6S/c1-41-29-18-17-26(20-30(29)42-2)36(43(3,39)40)22-31(37)35(21-24-13-7-10-16-27(24)33)28(19-23-11-5-4-6-12-23)32(38)34-25-14-8-9-15-25/h4-7,10-13,16-18,20,25,28H,8-9,14-15,19,21-22H2,1-3H3,(H,34,38)/t28-/m0/s1. The van der Waals surface area contributed by atoms with Gasteiger partial charge in [0.1, 0.15) is 18.4 Å². The molecule has 1 atom stereocenters. The maximum absolute atomic E-state index is 14.9. The second-order valence-corrected chi connectivity index (χ2v) is 12.5. The number of amides is 2. The predicted molar refractivity (Wildman–Crippen MR) is 163 cm³/mol. The fraction of sp³-hybridized carbons (Fsp3) is 0.375. The first-order valence-corrected chi connectivity index (χ1v) is 16.0. The van der Waals surface area contributed by atoms with Gasteiger partial charge < -0.3 is 19.7 Å². The van der Waals surface area contributed by atoms with Crippen LogP contribution in [0.1, 0.15) is 36.8 Å². The molecule has 9 nitrogen and oxygen atoms in total. The molecule has 0 bridgehead atoms. The lowest BCUT2D eigenvalue weighted by atomic mass is 10.0. The quantitative estimate of drug-likeness (QED) is 0.309. The highest BCUT2D eigenvalue weighted by Gasteiger charge is 2.34. The molecular formula is C32H38FN3O6S. The number of benzene rings is 3. The molecule has 0 aromatic heterocycles. The Morgan fingerprint density at radius 2 is 1.60 bits per heavy atom. The van der Waals surface area contributed by atoms with Crippen LogP contribution in [0, 0.1) is 5.82 Å². The summed E-state index contributed by atoms with van der Waals surface area (Å²) in [6.45, 7) is -0.852. The van der Waals surface area contributed by atoms with Crippen LogP contribution in [0.15, 0.2) is 72.8 Å². The molecule has 0 radical (unpaired) electrons. The van der Waals surface area contributed by atoms with E-state index in [0.717, 1.165) is 41.8 Å². The third-order valence-electron chi connectivity index (χ3n) is 7.61. The summed E-state index contributed by atoms with van der Waals surface area (Å²) in [5, 5.41) is 3.09. The number of halogens is 1. The number of hydrogen-bond acceptors (Lipinski definition) is 6. The minimum Gasteiger partial charge on any atom is -0.493 e. The van der Waals surface area contributed by atoms with Crippen LogP contribution in [0.3, 0.4) is 0 Å². The van der Waals surface area contributed by atoms with Gasteiger partial charge in [-0.15, -0.1) is 0 Å². The van der Waals surface area contributed by atoms with Crippen molar-refractivity contribution in [3.05, 3.63) is 89.7 Å². The Labute approximate surface area is 252 Å². The van der Waals surface area contributed by atoms with E-state index in [2.05, 4.69) is 5.32 Å². The first-order chi connectivity index (χ1) is 20.6. The van der Waals surface area contributed by atoms with Crippen LogP contribution in [0.2, 0.25) is 0 Å². The Balaban J connectivity index is 1.75. The number of nitrogens with zero attached hydrogens (tertiary/aromatic N) is 2. The largest absolute Gasteiger partial charge is 0.493 e. The Kier molecular flexibility index (Phi) is 10.6. The monoisotopic (exact) mass is 611 g/mol. The van der Waals surface area contributed by atoms with Crippen LogP contribution in [-0.2, 0) is 32.6 Å². The molecule has 0 spiro atoms. The number of rotatable bonds is 13. The molecule has 1 fully saturated rings. The molecule has 2 amide bonds. The zero-order chi connectivity index (χ0) is 31.0. The maximum Gasteiger partial charge on any atom is 0.244 e. The summed E-state index contributed by atoms with van der Waals surface area (Å²) >= 11 is 0. The zero-order valence-electron chi connectivity index (χ0n) is 24.7. The molecule has 1 saturated carbocycles. The lowest BCUT2D eigenvalue weighted by molar-refractivity contribution is -0.140. The summed E-state index contributed by atoms with van der Waals surface area (Å²) in [6.07, 6.45) is 4.83. The summed E-state index contributed by atoms with van der Waals surface area (Å²) in [5.74, 6) is -0.890. The minimum atomic E-state index is -3.98. The fourth-order valence-corrected chi connectivity index (χ4v) is 6.17. The Hall–Kier alpha value is -4.12. The van der Waals surface area contributed by atoms with E-state index in [9.17, 15) is 22.4 Å². The van der Waals surface area contributed by atoms with E-state index in [0.29, 0.717) is 5.75 Å². The molecule has 3 aromatic carbocycles. The van der Waals surface area contributed by atoms with Gasteiger partial charge in [0.15, 0.2) is 11.5 Å². The van der Waals surface area contributed by atoms with Crippen LogP contribution in [0.25, 0.3) is 0 Å². The molecule has 43 heavy (non-hydrogen) atoms. The van der Waals surface area contributed by atoms with Crippen molar-refractivity contribution in [1.82, 2.24) is 10.2 Å². The van der Waals surface area contributed by atoms with Crippen LogP contribution in [0.5, 0.6) is 11.5 Å². The molecule has 0 saturated heterocycles. The Bertz CT molecular complexity index is 1510. The number of anilines is 1. The molecule has 230 valence electrons. The van der Waals surface area contributed by atoms with E-state index in [1.54, 1.807) is 24.3 Å². The smallest absolute Gasteiger partial charge is 0.244 e. The number of hydrogen-bond donors (Lipinski definition) is 1. The van der Waals surface area contributed by atoms with Gasteiger partial charge in [-0.25, -0.2) is 12.8 Å². The molecule has 0 heterocycles. The van der Waals surface area contributed by atoms with Crippen molar-refractivity contribution in [3.63, 3.8) is 0 Å². The second kappa shape index (κ2) is 14.4. The first kappa shape index (κ1) is 31.8. The van der Waals surface area contributed by atoms with Crippen molar-refractivity contribution in [2.45, 2.75) is 50.7 Å². The fourth-order valence-electron chi connectivity index (χ4n) is 5.33. The lowest BCUT2D eigenvalue weighted by Crippen LogP contribution is -2.54. The summed E-state index contributed by atoms with van der Waals surface area (Å²) in [7, 11) is -1.10. The molecule has 4 rings (SSSR count). The van der Waals surface area contributed by atoms with Crippen molar-refractivity contribution in [3.8, 4) is 11.5 Å². The SMILES string of the molecule is COc1ccc(N(CC(=O)N(Cc2ccccc2F)[C@@H](Cc2ccccc2)C(=O)NC2CCCC2)S(C)(=O)=O)cc1OC. The van der Waals surface area contributed by atoms with Gasteiger partial charge in [-0.1, -0.05) is 61.4 Å². The van der Waals surface area contributed by atoms with Gasteiger partial charge in [-0.2, -0.15) is 0 Å². The predicted octanol–water partition coefficient (Wildman–Crippen LogP) is 4.31. The molecule has 0 aliphatic heterocycles. The number of nitrogens with one attached hydrogen (secondary N) is 1. The maximum atomic E-state index is 14.9. The Morgan fingerprint density at radius 3 is 2.23 bits per heavy atom. The van der Waals surface area contributed by atoms with Crippen LogP contribution < -0.4 is 19.1 Å². The lowest BCUT2D eigenvalue weighted by Gasteiger charge is -2.34. The summed E-state index contributed by atoms with van der Waals surface area (Å²) in [6, 6.07) is 18.7. The third-order valence-corrected chi connectivity index (χ3v) is 8.75. The number of methoxy groups -OCH3 is 2. The van der Waals surface area contributed by atoms with Gasteiger partial charge in [-0.3, -0.25) is 13.9 Å². The van der Waals surface area contributed by atoms with Gasteiger partial charge in [0.05, 0.1) is 26.2 Å². The number of ether oxygens (including phenoxy) is 2. The zero-order valence-corrected chi connectivity index (χ0v) is 25.5. The molecular weight excluding hydrogens is 573 g/mol. The van der Waals surface area contributed by atoms with Crippen molar-refractivity contribution in [2.24, 2.45) is 0 Å². The highest BCUT2D eigenvalue weighted by molar-refractivity contribution is 7.92. The average molecular weight is 612 g/mol. The van der Waals surface area contributed by atoms with Crippen LogP contribution in [0.4, 0.5) is 10.1 Å². The van der Waals surface area contributed by atoms with Crippen LogP contribution in [-0.4, -0.2) is 64.2 Å². The van der Waals surface area contributed by atoms with Crippen molar-refractivity contribution >= 4 is 27.5 Å². The molecule has 1 aliphatic rings. The third kappa shape index (κ3) is 8.25. The highest BCUT2D eigenvalue weighted by atomic mass is 32.2. The normalized spacial score (nSPS) is 14.1. The minimum absolute atomic E-state index is 0.0181.